The smallest absolute Gasteiger partial charge is 0.247 e. The molecule has 0 fully saturated rings. The maximum absolute atomic E-state index is 13.3. The van der Waals surface area contributed by atoms with Crippen LogP contribution in [-0.2, 0) is 22.7 Å². The molecular formula is C25H25ClN2O2. The molecule has 3 aromatic carbocycles. The Hall–Kier alpha value is -3.11. The van der Waals surface area contributed by atoms with Gasteiger partial charge in [-0.25, -0.2) is 0 Å². The van der Waals surface area contributed by atoms with E-state index < -0.39 is 6.04 Å². The quantitative estimate of drug-likeness (QED) is 0.548. The van der Waals surface area contributed by atoms with Crippen LogP contribution in [0.25, 0.3) is 0 Å². The summed E-state index contributed by atoms with van der Waals surface area (Å²) in [7, 11) is 0. The number of nitrogens with zero attached hydrogens (tertiary/aromatic N) is 1. The molecule has 0 heterocycles. The van der Waals surface area contributed by atoms with E-state index in [9.17, 15) is 9.59 Å². The number of nitrogens with one attached hydrogen (secondary N) is 1. The number of hydrogen-bond donors (Lipinski definition) is 1. The zero-order valence-electron chi connectivity index (χ0n) is 16.9. The van der Waals surface area contributed by atoms with E-state index in [0.717, 1.165) is 16.7 Å². The third-order valence-electron chi connectivity index (χ3n) is 4.87. The predicted molar refractivity (Wildman–Crippen MR) is 120 cm³/mol. The number of amides is 2. The number of carbonyl (C=O) groups is 2. The molecule has 3 aromatic rings. The summed E-state index contributed by atoms with van der Waals surface area (Å²) in [6.45, 7) is 2.54. The molecule has 2 amide bonds. The fourth-order valence-electron chi connectivity index (χ4n) is 3.30. The van der Waals surface area contributed by atoms with Crippen LogP contribution in [0.15, 0.2) is 84.9 Å². The summed E-state index contributed by atoms with van der Waals surface area (Å²) in [5, 5.41) is 3.63. The molecule has 0 saturated carbocycles. The van der Waals surface area contributed by atoms with E-state index >= 15 is 0 Å². The Morgan fingerprint density at radius 2 is 1.47 bits per heavy atom. The van der Waals surface area contributed by atoms with Crippen molar-refractivity contribution in [3.63, 3.8) is 0 Å². The maximum Gasteiger partial charge on any atom is 0.247 e. The monoisotopic (exact) mass is 420 g/mol. The van der Waals surface area contributed by atoms with Crippen molar-refractivity contribution in [3.05, 3.63) is 107 Å². The molecule has 0 aliphatic rings. The SMILES string of the molecule is CCC(=O)N(Cc1ccccc1)[C@H](C(=O)NCc1ccc(Cl)cc1)c1ccccc1. The van der Waals surface area contributed by atoms with Crippen LogP contribution in [0, 0.1) is 0 Å². The van der Waals surface area contributed by atoms with Gasteiger partial charge in [0, 0.05) is 24.5 Å². The van der Waals surface area contributed by atoms with Crippen molar-refractivity contribution < 1.29 is 9.59 Å². The third-order valence-corrected chi connectivity index (χ3v) is 5.13. The van der Waals surface area contributed by atoms with Crippen LogP contribution in [-0.4, -0.2) is 16.7 Å². The summed E-state index contributed by atoms with van der Waals surface area (Å²) in [4.78, 5) is 27.8. The van der Waals surface area contributed by atoms with Crippen LogP contribution >= 0.6 is 11.6 Å². The van der Waals surface area contributed by atoms with Crippen LogP contribution < -0.4 is 5.32 Å². The molecule has 30 heavy (non-hydrogen) atoms. The molecule has 0 radical (unpaired) electrons. The predicted octanol–water partition coefficient (Wildman–Crippen LogP) is 5.14. The molecule has 5 heteroatoms. The summed E-state index contributed by atoms with van der Waals surface area (Å²) in [6.07, 6.45) is 0.320. The average molecular weight is 421 g/mol. The Morgan fingerprint density at radius 3 is 2.07 bits per heavy atom. The molecule has 0 saturated heterocycles. The van der Waals surface area contributed by atoms with E-state index in [1.807, 2.05) is 79.7 Å². The molecule has 0 aliphatic carbocycles. The minimum absolute atomic E-state index is 0.0747. The molecule has 0 bridgehead atoms. The van der Waals surface area contributed by atoms with E-state index in [0.29, 0.717) is 24.5 Å². The largest absolute Gasteiger partial charge is 0.350 e. The number of rotatable bonds is 8. The summed E-state index contributed by atoms with van der Waals surface area (Å²) >= 11 is 5.94. The molecule has 4 nitrogen and oxygen atoms in total. The Kier molecular flexibility index (Phi) is 7.63. The lowest BCUT2D eigenvalue weighted by Gasteiger charge is -2.31. The molecule has 0 aliphatic heterocycles. The lowest BCUT2D eigenvalue weighted by molar-refractivity contribution is -0.141. The molecule has 3 rings (SSSR count). The van der Waals surface area contributed by atoms with E-state index in [4.69, 9.17) is 11.6 Å². The van der Waals surface area contributed by atoms with Gasteiger partial charge in [-0.3, -0.25) is 9.59 Å². The van der Waals surface area contributed by atoms with Crippen molar-refractivity contribution in [2.45, 2.75) is 32.5 Å². The first-order valence-electron chi connectivity index (χ1n) is 9.99. The highest BCUT2D eigenvalue weighted by molar-refractivity contribution is 6.30. The third kappa shape index (κ3) is 5.71. The van der Waals surface area contributed by atoms with Crippen LogP contribution in [0.1, 0.15) is 36.1 Å². The van der Waals surface area contributed by atoms with Crippen molar-refractivity contribution in [2.24, 2.45) is 0 Å². The number of benzene rings is 3. The fourth-order valence-corrected chi connectivity index (χ4v) is 3.43. The lowest BCUT2D eigenvalue weighted by atomic mass is 10.0. The normalized spacial score (nSPS) is 11.5. The van der Waals surface area contributed by atoms with Gasteiger partial charge in [-0.2, -0.15) is 0 Å². The van der Waals surface area contributed by atoms with Crippen LogP contribution in [0.2, 0.25) is 5.02 Å². The summed E-state index contributed by atoms with van der Waals surface area (Å²) in [5.74, 6) is -0.289. The van der Waals surface area contributed by atoms with E-state index in [-0.39, 0.29) is 11.8 Å². The highest BCUT2D eigenvalue weighted by Gasteiger charge is 2.30. The number of hydrogen-bond acceptors (Lipinski definition) is 2. The Labute approximate surface area is 182 Å². The second-order valence-corrected chi connectivity index (χ2v) is 7.45. The van der Waals surface area contributed by atoms with Crippen molar-refractivity contribution in [2.75, 3.05) is 0 Å². The maximum atomic E-state index is 13.3. The topological polar surface area (TPSA) is 49.4 Å². The Bertz CT molecular complexity index is 959. The second-order valence-electron chi connectivity index (χ2n) is 7.02. The van der Waals surface area contributed by atoms with Crippen molar-refractivity contribution in [1.82, 2.24) is 10.2 Å². The summed E-state index contributed by atoms with van der Waals surface area (Å²) in [6, 6.07) is 25.8. The van der Waals surface area contributed by atoms with Crippen molar-refractivity contribution in [1.29, 1.82) is 0 Å². The van der Waals surface area contributed by atoms with Crippen LogP contribution in [0.3, 0.4) is 0 Å². The van der Waals surface area contributed by atoms with Gasteiger partial charge in [0.05, 0.1) is 0 Å². The molecule has 0 spiro atoms. The Balaban J connectivity index is 1.88. The first-order valence-corrected chi connectivity index (χ1v) is 10.4. The zero-order chi connectivity index (χ0) is 21.3. The molecule has 1 N–H and O–H groups in total. The van der Waals surface area contributed by atoms with Gasteiger partial charge in [-0.1, -0.05) is 91.3 Å². The number of carbonyl (C=O) groups excluding carboxylic acids is 2. The van der Waals surface area contributed by atoms with E-state index in [2.05, 4.69) is 5.32 Å². The van der Waals surface area contributed by atoms with Gasteiger partial charge in [-0.15, -0.1) is 0 Å². The fraction of sp³-hybridized carbons (Fsp3) is 0.200. The molecular weight excluding hydrogens is 396 g/mol. The first-order chi connectivity index (χ1) is 14.6. The Morgan fingerprint density at radius 1 is 0.867 bits per heavy atom. The first kappa shape index (κ1) is 21.6. The second kappa shape index (κ2) is 10.6. The van der Waals surface area contributed by atoms with Gasteiger partial charge in [0.1, 0.15) is 6.04 Å². The lowest BCUT2D eigenvalue weighted by Crippen LogP contribution is -2.43. The van der Waals surface area contributed by atoms with Gasteiger partial charge < -0.3 is 10.2 Å². The van der Waals surface area contributed by atoms with Crippen molar-refractivity contribution in [3.8, 4) is 0 Å². The van der Waals surface area contributed by atoms with Gasteiger partial charge in [-0.05, 0) is 28.8 Å². The average Bonchev–Trinajstić information content (AvgIpc) is 2.79. The molecule has 1 atom stereocenters. The zero-order valence-corrected chi connectivity index (χ0v) is 17.7. The van der Waals surface area contributed by atoms with E-state index in [1.165, 1.54) is 0 Å². The minimum atomic E-state index is -0.717. The van der Waals surface area contributed by atoms with Gasteiger partial charge in [0.25, 0.3) is 0 Å². The van der Waals surface area contributed by atoms with Crippen molar-refractivity contribution >= 4 is 23.4 Å². The van der Waals surface area contributed by atoms with Crippen LogP contribution in [0.4, 0.5) is 0 Å². The van der Waals surface area contributed by atoms with Gasteiger partial charge >= 0.3 is 0 Å². The molecule has 0 aromatic heterocycles. The van der Waals surface area contributed by atoms with E-state index in [1.54, 1.807) is 17.0 Å². The standard InChI is InChI=1S/C25H25ClN2O2/c1-2-23(29)28(18-20-9-5-3-6-10-20)24(21-11-7-4-8-12-21)25(30)27-17-19-13-15-22(26)16-14-19/h3-16,24H,2,17-18H2,1H3,(H,27,30)/t24-/m0/s1. The molecule has 154 valence electrons. The van der Waals surface area contributed by atoms with Gasteiger partial charge in [0.15, 0.2) is 0 Å². The highest BCUT2D eigenvalue weighted by atomic mass is 35.5. The summed E-state index contributed by atoms with van der Waals surface area (Å²) < 4.78 is 0. The summed E-state index contributed by atoms with van der Waals surface area (Å²) in [5.41, 5.74) is 2.70. The highest BCUT2D eigenvalue weighted by Crippen LogP contribution is 2.25. The minimum Gasteiger partial charge on any atom is -0.350 e. The van der Waals surface area contributed by atoms with Gasteiger partial charge in [0.2, 0.25) is 11.8 Å². The molecule has 0 unspecified atom stereocenters. The van der Waals surface area contributed by atoms with Crippen LogP contribution in [0.5, 0.6) is 0 Å². The number of halogens is 1.